The van der Waals surface area contributed by atoms with Crippen LogP contribution < -0.4 is 14.4 Å². The number of rotatable bonds is 5. The highest BCUT2D eigenvalue weighted by Gasteiger charge is 2.47. The van der Waals surface area contributed by atoms with Crippen LogP contribution in [0.2, 0.25) is 10.0 Å². The summed E-state index contributed by atoms with van der Waals surface area (Å²) in [6.45, 7) is 0. The first-order valence-electron chi connectivity index (χ1n) is 9.90. The monoisotopic (exact) mass is 483 g/mol. The molecule has 1 heterocycles. The lowest BCUT2D eigenvalue weighted by molar-refractivity contribution is -0.132. The van der Waals surface area contributed by atoms with E-state index in [1.807, 2.05) is 0 Å². The molecule has 33 heavy (non-hydrogen) atoms. The van der Waals surface area contributed by atoms with Gasteiger partial charge in [-0.3, -0.25) is 14.5 Å². The van der Waals surface area contributed by atoms with Crippen molar-refractivity contribution in [1.82, 2.24) is 0 Å². The summed E-state index contributed by atoms with van der Waals surface area (Å²) in [5, 5.41) is 11.9. The molecule has 3 aromatic rings. The van der Waals surface area contributed by atoms with Crippen LogP contribution >= 0.6 is 23.2 Å². The molecule has 0 aromatic heterocycles. The van der Waals surface area contributed by atoms with Crippen molar-refractivity contribution in [2.45, 2.75) is 6.04 Å². The molecule has 8 heteroatoms. The van der Waals surface area contributed by atoms with E-state index in [1.54, 1.807) is 66.7 Å². The number of methoxy groups -OCH3 is 2. The van der Waals surface area contributed by atoms with Gasteiger partial charge in [-0.05, 0) is 42.0 Å². The van der Waals surface area contributed by atoms with Gasteiger partial charge >= 0.3 is 0 Å². The molecular formula is C25H19Cl2NO5. The SMILES string of the molecule is COc1ccc(N2C(=O)C(=O)C(=C(O)c3ccccc3Cl)C2c2ccc(Cl)cc2)cc1OC. The lowest BCUT2D eigenvalue weighted by Gasteiger charge is -2.26. The van der Waals surface area contributed by atoms with E-state index >= 15 is 0 Å². The molecule has 0 spiro atoms. The third kappa shape index (κ3) is 4.03. The van der Waals surface area contributed by atoms with Gasteiger partial charge in [0, 0.05) is 22.3 Å². The standard InChI is InChI=1S/C25H19Cl2NO5/c1-32-19-12-11-16(13-20(19)33-2)28-22(14-7-9-15(26)10-8-14)21(24(30)25(28)31)23(29)17-5-3-4-6-18(17)27/h3-13,22,29H,1-2H3. The average molecular weight is 484 g/mol. The van der Waals surface area contributed by atoms with Crippen LogP contribution in [0.1, 0.15) is 17.2 Å². The smallest absolute Gasteiger partial charge is 0.300 e. The number of ether oxygens (including phenoxy) is 2. The summed E-state index contributed by atoms with van der Waals surface area (Å²) < 4.78 is 10.7. The highest BCUT2D eigenvalue weighted by molar-refractivity contribution is 6.52. The van der Waals surface area contributed by atoms with Crippen molar-refractivity contribution in [1.29, 1.82) is 0 Å². The predicted molar refractivity (Wildman–Crippen MR) is 127 cm³/mol. The van der Waals surface area contributed by atoms with Crippen molar-refractivity contribution < 1.29 is 24.2 Å². The molecule has 1 saturated heterocycles. The topological polar surface area (TPSA) is 76.1 Å². The highest BCUT2D eigenvalue weighted by atomic mass is 35.5. The second-order valence-corrected chi connectivity index (χ2v) is 8.08. The molecule has 6 nitrogen and oxygen atoms in total. The molecule has 1 N–H and O–H groups in total. The zero-order chi connectivity index (χ0) is 23.7. The van der Waals surface area contributed by atoms with Crippen molar-refractivity contribution in [3.63, 3.8) is 0 Å². The van der Waals surface area contributed by atoms with Gasteiger partial charge in [0.15, 0.2) is 11.5 Å². The normalized spacial score (nSPS) is 17.3. The van der Waals surface area contributed by atoms with Crippen LogP contribution in [0.15, 0.2) is 72.3 Å². The number of anilines is 1. The van der Waals surface area contributed by atoms with Crippen LogP contribution in [0, 0.1) is 0 Å². The summed E-state index contributed by atoms with van der Waals surface area (Å²) in [6.07, 6.45) is 0. The molecule has 0 saturated carbocycles. The Kier molecular flexibility index (Phi) is 6.31. The maximum atomic E-state index is 13.2. The van der Waals surface area contributed by atoms with E-state index in [-0.39, 0.29) is 21.9 Å². The van der Waals surface area contributed by atoms with Crippen molar-refractivity contribution in [3.05, 3.63) is 93.5 Å². The number of ketones is 1. The van der Waals surface area contributed by atoms with Crippen LogP contribution in [0.3, 0.4) is 0 Å². The van der Waals surface area contributed by atoms with Gasteiger partial charge in [-0.15, -0.1) is 0 Å². The molecule has 0 bridgehead atoms. The molecule has 1 aliphatic rings. The van der Waals surface area contributed by atoms with E-state index in [1.165, 1.54) is 19.1 Å². The van der Waals surface area contributed by atoms with E-state index in [0.717, 1.165) is 0 Å². The number of Topliss-reactive ketones (excluding diaryl/α,β-unsaturated/α-hetero) is 1. The molecule has 0 aliphatic carbocycles. The lowest BCUT2D eigenvalue weighted by atomic mass is 9.95. The van der Waals surface area contributed by atoms with Crippen molar-refractivity contribution in [2.24, 2.45) is 0 Å². The highest BCUT2D eigenvalue weighted by Crippen LogP contribution is 2.44. The second-order valence-electron chi connectivity index (χ2n) is 7.24. The van der Waals surface area contributed by atoms with Crippen LogP contribution in [-0.4, -0.2) is 31.0 Å². The van der Waals surface area contributed by atoms with Crippen LogP contribution in [0.25, 0.3) is 5.76 Å². The lowest BCUT2D eigenvalue weighted by Crippen LogP contribution is -2.29. The Morgan fingerprint density at radius 2 is 1.58 bits per heavy atom. The van der Waals surface area contributed by atoms with Gasteiger partial charge in [0.1, 0.15) is 5.76 Å². The fourth-order valence-electron chi connectivity index (χ4n) is 3.83. The zero-order valence-corrected chi connectivity index (χ0v) is 19.2. The predicted octanol–water partition coefficient (Wildman–Crippen LogP) is 5.64. The van der Waals surface area contributed by atoms with E-state index in [9.17, 15) is 14.7 Å². The fraction of sp³-hybridized carbons (Fsp3) is 0.120. The van der Waals surface area contributed by atoms with Gasteiger partial charge in [0.25, 0.3) is 11.7 Å². The number of aliphatic hydroxyl groups is 1. The molecule has 1 amide bonds. The van der Waals surface area contributed by atoms with Crippen LogP contribution in [0.4, 0.5) is 5.69 Å². The molecule has 1 fully saturated rings. The number of halogens is 2. The van der Waals surface area contributed by atoms with Gasteiger partial charge < -0.3 is 14.6 Å². The number of nitrogens with zero attached hydrogens (tertiary/aromatic N) is 1. The molecule has 1 atom stereocenters. The average Bonchev–Trinajstić information content (AvgIpc) is 3.09. The number of benzene rings is 3. The Hall–Kier alpha value is -3.48. The summed E-state index contributed by atoms with van der Waals surface area (Å²) in [4.78, 5) is 27.8. The molecule has 4 rings (SSSR count). The van der Waals surface area contributed by atoms with Crippen molar-refractivity contribution in [2.75, 3.05) is 19.1 Å². The van der Waals surface area contributed by atoms with Gasteiger partial charge in [0.2, 0.25) is 0 Å². The number of hydrogen-bond donors (Lipinski definition) is 1. The maximum Gasteiger partial charge on any atom is 0.300 e. The second kappa shape index (κ2) is 9.17. The summed E-state index contributed by atoms with van der Waals surface area (Å²) in [5.41, 5.74) is 1.16. The minimum atomic E-state index is -0.920. The Labute approximate surface area is 200 Å². The molecule has 0 radical (unpaired) electrons. The van der Waals surface area contributed by atoms with Gasteiger partial charge in [-0.25, -0.2) is 0 Å². The molecule has 1 unspecified atom stereocenters. The molecule has 3 aromatic carbocycles. The maximum absolute atomic E-state index is 13.2. The van der Waals surface area contributed by atoms with E-state index < -0.39 is 17.7 Å². The van der Waals surface area contributed by atoms with E-state index in [0.29, 0.717) is 27.8 Å². The fourth-order valence-corrected chi connectivity index (χ4v) is 4.18. The number of hydrogen-bond acceptors (Lipinski definition) is 5. The first-order chi connectivity index (χ1) is 15.9. The Morgan fingerprint density at radius 1 is 0.909 bits per heavy atom. The van der Waals surface area contributed by atoms with Crippen molar-refractivity contribution >= 4 is 46.3 Å². The number of amides is 1. The molecule has 168 valence electrons. The third-order valence-corrected chi connectivity index (χ3v) is 5.99. The summed E-state index contributed by atoms with van der Waals surface area (Å²) in [7, 11) is 2.98. The van der Waals surface area contributed by atoms with E-state index in [4.69, 9.17) is 32.7 Å². The first kappa shape index (κ1) is 22.7. The van der Waals surface area contributed by atoms with Gasteiger partial charge in [-0.2, -0.15) is 0 Å². The Morgan fingerprint density at radius 3 is 2.21 bits per heavy atom. The Bertz CT molecular complexity index is 1270. The first-order valence-corrected chi connectivity index (χ1v) is 10.7. The minimum absolute atomic E-state index is 0.0785. The van der Waals surface area contributed by atoms with Gasteiger partial charge in [-0.1, -0.05) is 47.5 Å². The van der Waals surface area contributed by atoms with Crippen molar-refractivity contribution in [3.8, 4) is 11.5 Å². The molecular weight excluding hydrogens is 465 g/mol. The Balaban J connectivity index is 1.96. The summed E-state index contributed by atoms with van der Waals surface area (Å²) >= 11 is 12.3. The van der Waals surface area contributed by atoms with Crippen LogP contribution in [-0.2, 0) is 9.59 Å². The summed E-state index contributed by atoms with van der Waals surface area (Å²) in [5.74, 6) is -1.13. The molecule has 1 aliphatic heterocycles. The van der Waals surface area contributed by atoms with E-state index in [2.05, 4.69) is 0 Å². The zero-order valence-electron chi connectivity index (χ0n) is 17.7. The number of aliphatic hydroxyl groups excluding tert-OH is 1. The number of carbonyl (C=O) groups is 2. The third-order valence-electron chi connectivity index (χ3n) is 5.40. The quantitative estimate of drug-likeness (QED) is 0.288. The van der Waals surface area contributed by atoms with Gasteiger partial charge in [0.05, 0.1) is 30.9 Å². The van der Waals surface area contributed by atoms with Crippen LogP contribution in [0.5, 0.6) is 11.5 Å². The summed E-state index contributed by atoms with van der Waals surface area (Å²) in [6, 6.07) is 17.2. The minimum Gasteiger partial charge on any atom is -0.507 e. The number of carbonyl (C=O) groups excluding carboxylic acids is 2. The largest absolute Gasteiger partial charge is 0.507 e.